The number of ether oxygens (including phenoxy) is 1. The van der Waals surface area contributed by atoms with Crippen LogP contribution in [0.5, 0.6) is 5.75 Å². The Bertz CT molecular complexity index is 522. The van der Waals surface area contributed by atoms with Gasteiger partial charge in [-0.3, -0.25) is 0 Å². The zero-order chi connectivity index (χ0) is 13.7. The van der Waals surface area contributed by atoms with E-state index >= 15 is 0 Å². The monoisotopic (exact) mass is 403 g/mol. The molecule has 0 amide bonds. The Balaban J connectivity index is 1.77. The molecule has 1 aromatic heterocycles. The third-order valence-corrected chi connectivity index (χ3v) is 5.98. The summed E-state index contributed by atoms with van der Waals surface area (Å²) in [6, 6.07) is 10.4. The van der Waals surface area contributed by atoms with E-state index in [4.69, 9.17) is 4.74 Å². The lowest BCUT2D eigenvalue weighted by Crippen LogP contribution is -2.15. The molecule has 0 fully saturated rings. The van der Waals surface area contributed by atoms with Crippen LogP contribution in [0, 0.1) is 0 Å². The predicted octanol–water partition coefficient (Wildman–Crippen LogP) is 4.61. The molecule has 1 aromatic carbocycles. The second-order valence-corrected chi connectivity index (χ2v) is 7.42. The number of hydrogen-bond acceptors (Lipinski definition) is 3. The van der Waals surface area contributed by atoms with Crippen molar-refractivity contribution in [2.45, 2.75) is 13.0 Å². The zero-order valence-corrected chi connectivity index (χ0v) is 14.6. The van der Waals surface area contributed by atoms with E-state index in [0.29, 0.717) is 0 Å². The van der Waals surface area contributed by atoms with Crippen molar-refractivity contribution in [2.75, 3.05) is 13.7 Å². The van der Waals surface area contributed by atoms with E-state index in [0.717, 1.165) is 33.5 Å². The van der Waals surface area contributed by atoms with E-state index in [2.05, 4.69) is 55.4 Å². The number of benzene rings is 1. The van der Waals surface area contributed by atoms with Crippen LogP contribution >= 0.6 is 43.2 Å². The molecule has 0 unspecified atom stereocenters. The first kappa shape index (κ1) is 15.0. The first-order valence-electron chi connectivity index (χ1n) is 5.96. The van der Waals surface area contributed by atoms with E-state index in [1.807, 2.05) is 12.1 Å². The van der Waals surface area contributed by atoms with Gasteiger partial charge in [0.1, 0.15) is 5.75 Å². The van der Waals surface area contributed by atoms with Crippen molar-refractivity contribution in [1.29, 1.82) is 0 Å². The van der Waals surface area contributed by atoms with Crippen molar-refractivity contribution >= 4 is 43.2 Å². The van der Waals surface area contributed by atoms with Gasteiger partial charge in [-0.05, 0) is 68.6 Å². The summed E-state index contributed by atoms with van der Waals surface area (Å²) in [5.41, 5.74) is 1.29. The fraction of sp³-hybridized carbons (Fsp3) is 0.286. The van der Waals surface area contributed by atoms with Gasteiger partial charge in [0.2, 0.25) is 0 Å². The summed E-state index contributed by atoms with van der Waals surface area (Å²) in [4.78, 5) is 1.32. The minimum absolute atomic E-state index is 0.902. The lowest BCUT2D eigenvalue weighted by molar-refractivity contribution is 0.414. The first-order valence-corrected chi connectivity index (χ1v) is 8.36. The number of halogens is 2. The maximum atomic E-state index is 5.22. The molecule has 1 N–H and O–H groups in total. The summed E-state index contributed by atoms with van der Waals surface area (Å²) in [5.74, 6) is 0.920. The fourth-order valence-electron chi connectivity index (χ4n) is 1.75. The van der Waals surface area contributed by atoms with Crippen molar-refractivity contribution in [3.63, 3.8) is 0 Å². The van der Waals surface area contributed by atoms with E-state index in [9.17, 15) is 0 Å². The van der Waals surface area contributed by atoms with E-state index in [1.165, 1.54) is 10.4 Å². The summed E-state index contributed by atoms with van der Waals surface area (Å²) in [6.07, 6.45) is 1.00. The highest BCUT2D eigenvalue weighted by Gasteiger charge is 2.03. The third kappa shape index (κ3) is 4.60. The Morgan fingerprint density at radius 2 is 2.11 bits per heavy atom. The summed E-state index contributed by atoms with van der Waals surface area (Å²) < 4.78 is 7.49. The fourth-order valence-corrected chi connectivity index (χ4v) is 3.90. The van der Waals surface area contributed by atoms with Crippen molar-refractivity contribution in [2.24, 2.45) is 0 Å². The lowest BCUT2D eigenvalue weighted by Gasteiger charge is -2.05. The lowest BCUT2D eigenvalue weighted by atomic mass is 10.1. The van der Waals surface area contributed by atoms with Crippen LogP contribution in [-0.4, -0.2) is 13.7 Å². The normalized spacial score (nSPS) is 10.7. The summed E-state index contributed by atoms with van der Waals surface area (Å²) in [7, 11) is 1.70. The number of thiophene rings is 1. The van der Waals surface area contributed by atoms with Gasteiger partial charge < -0.3 is 10.1 Å². The van der Waals surface area contributed by atoms with Crippen LogP contribution in [0.15, 0.2) is 38.6 Å². The highest BCUT2D eigenvalue weighted by molar-refractivity contribution is 9.13. The van der Waals surface area contributed by atoms with Gasteiger partial charge in [-0.25, -0.2) is 0 Å². The molecule has 0 saturated carbocycles. The molecule has 102 valence electrons. The van der Waals surface area contributed by atoms with Gasteiger partial charge in [0.15, 0.2) is 0 Å². The Kier molecular flexibility index (Phi) is 5.88. The Hall–Kier alpha value is -0.360. The second-order valence-electron chi connectivity index (χ2n) is 4.11. The average molecular weight is 405 g/mol. The molecule has 0 aliphatic carbocycles. The molecule has 2 aromatic rings. The van der Waals surface area contributed by atoms with E-state index < -0.39 is 0 Å². The van der Waals surface area contributed by atoms with Crippen LogP contribution in [0.2, 0.25) is 0 Å². The Labute approximate surface area is 134 Å². The predicted molar refractivity (Wildman–Crippen MR) is 88.1 cm³/mol. The summed E-state index contributed by atoms with van der Waals surface area (Å²) in [5, 5.41) is 3.46. The quantitative estimate of drug-likeness (QED) is 0.709. The molecule has 0 bridgehead atoms. The minimum atomic E-state index is 0.902. The van der Waals surface area contributed by atoms with Crippen molar-refractivity contribution in [3.8, 4) is 5.75 Å². The average Bonchev–Trinajstić information content (AvgIpc) is 2.74. The van der Waals surface area contributed by atoms with Crippen molar-refractivity contribution in [1.82, 2.24) is 5.32 Å². The molecule has 0 aliphatic heterocycles. The largest absolute Gasteiger partial charge is 0.497 e. The molecule has 0 spiro atoms. The van der Waals surface area contributed by atoms with Gasteiger partial charge in [0.25, 0.3) is 0 Å². The molecule has 0 radical (unpaired) electrons. The van der Waals surface area contributed by atoms with Crippen LogP contribution in [0.3, 0.4) is 0 Å². The Morgan fingerprint density at radius 3 is 2.79 bits per heavy atom. The van der Waals surface area contributed by atoms with Gasteiger partial charge in [0, 0.05) is 15.9 Å². The van der Waals surface area contributed by atoms with Gasteiger partial charge in [-0.15, -0.1) is 11.3 Å². The molecule has 0 atom stereocenters. The number of rotatable bonds is 6. The maximum absolute atomic E-state index is 5.22. The molecular formula is C14H15Br2NOS. The van der Waals surface area contributed by atoms with Crippen LogP contribution in [0.4, 0.5) is 0 Å². The van der Waals surface area contributed by atoms with Gasteiger partial charge >= 0.3 is 0 Å². The SMILES string of the molecule is COc1cccc(CCNCc2cc(Br)c(Br)s2)c1. The standard InChI is InChI=1S/C14H15Br2NOS/c1-18-11-4-2-3-10(7-11)5-6-17-9-12-8-13(15)14(16)19-12/h2-4,7-8,17H,5-6,9H2,1H3. The smallest absolute Gasteiger partial charge is 0.119 e. The zero-order valence-electron chi connectivity index (χ0n) is 10.6. The van der Waals surface area contributed by atoms with Crippen LogP contribution in [0.25, 0.3) is 0 Å². The topological polar surface area (TPSA) is 21.3 Å². The highest BCUT2D eigenvalue weighted by Crippen LogP contribution is 2.32. The second kappa shape index (κ2) is 7.43. The van der Waals surface area contributed by atoms with E-state index in [-0.39, 0.29) is 0 Å². The minimum Gasteiger partial charge on any atom is -0.497 e. The first-order chi connectivity index (χ1) is 9.19. The Morgan fingerprint density at radius 1 is 1.26 bits per heavy atom. The summed E-state index contributed by atoms with van der Waals surface area (Å²) >= 11 is 8.76. The number of methoxy groups -OCH3 is 1. The molecule has 1 heterocycles. The van der Waals surface area contributed by atoms with Crippen molar-refractivity contribution in [3.05, 3.63) is 49.0 Å². The number of nitrogens with one attached hydrogen (secondary N) is 1. The van der Waals surface area contributed by atoms with Gasteiger partial charge in [-0.1, -0.05) is 12.1 Å². The molecule has 19 heavy (non-hydrogen) atoms. The molecule has 0 saturated heterocycles. The molecular weight excluding hydrogens is 390 g/mol. The van der Waals surface area contributed by atoms with Crippen molar-refractivity contribution < 1.29 is 4.74 Å². The summed E-state index contributed by atoms with van der Waals surface area (Å²) in [6.45, 7) is 1.86. The van der Waals surface area contributed by atoms with Crippen LogP contribution < -0.4 is 10.1 Å². The molecule has 0 aliphatic rings. The highest BCUT2D eigenvalue weighted by atomic mass is 79.9. The molecule has 2 nitrogen and oxygen atoms in total. The van der Waals surface area contributed by atoms with Gasteiger partial charge in [-0.2, -0.15) is 0 Å². The number of hydrogen-bond donors (Lipinski definition) is 1. The van der Waals surface area contributed by atoms with Crippen LogP contribution in [-0.2, 0) is 13.0 Å². The van der Waals surface area contributed by atoms with Gasteiger partial charge in [0.05, 0.1) is 10.9 Å². The third-order valence-electron chi connectivity index (χ3n) is 2.72. The maximum Gasteiger partial charge on any atom is 0.119 e. The van der Waals surface area contributed by atoms with E-state index in [1.54, 1.807) is 18.4 Å². The van der Waals surface area contributed by atoms with Crippen LogP contribution in [0.1, 0.15) is 10.4 Å². The molecule has 5 heteroatoms. The molecule has 2 rings (SSSR count).